The fourth-order valence-electron chi connectivity index (χ4n) is 2.74. The van der Waals surface area contributed by atoms with Crippen molar-refractivity contribution in [2.45, 2.75) is 51.5 Å². The van der Waals surface area contributed by atoms with E-state index >= 15 is 0 Å². The molecule has 0 aliphatic carbocycles. The topological polar surface area (TPSA) is 49.4 Å². The second-order valence-electron chi connectivity index (χ2n) is 5.74. The van der Waals surface area contributed by atoms with Crippen molar-refractivity contribution in [2.75, 3.05) is 19.6 Å². The van der Waals surface area contributed by atoms with Gasteiger partial charge in [0.15, 0.2) is 0 Å². The van der Waals surface area contributed by atoms with E-state index in [0.717, 1.165) is 42.1 Å². The molecule has 1 saturated heterocycles. The second-order valence-corrected chi connectivity index (χ2v) is 8.98. The minimum Gasteiger partial charge on any atom is -0.312 e. The van der Waals surface area contributed by atoms with E-state index in [1.807, 2.05) is 13.0 Å². The number of rotatable bonds is 7. The standard InChI is InChI=1S/C15H26N2O2S2/c1-4-7-16-10-14-9-15(12(3)20-14)21(18,19)17-8-6-13(5-2)11-17/h9,13,16H,4-8,10-11H2,1-3H3. The molecular weight excluding hydrogens is 304 g/mol. The van der Waals surface area contributed by atoms with Gasteiger partial charge in [0.1, 0.15) is 0 Å². The lowest BCUT2D eigenvalue weighted by Gasteiger charge is -2.16. The summed E-state index contributed by atoms with van der Waals surface area (Å²) < 4.78 is 27.2. The van der Waals surface area contributed by atoms with Crippen LogP contribution in [0.2, 0.25) is 0 Å². The molecule has 21 heavy (non-hydrogen) atoms. The molecule has 4 nitrogen and oxygen atoms in total. The lowest BCUT2D eigenvalue weighted by atomic mass is 10.1. The number of nitrogens with zero attached hydrogens (tertiary/aromatic N) is 1. The van der Waals surface area contributed by atoms with Gasteiger partial charge < -0.3 is 5.32 Å². The first-order valence-corrected chi connectivity index (χ1v) is 10.0. The van der Waals surface area contributed by atoms with Crippen LogP contribution >= 0.6 is 11.3 Å². The van der Waals surface area contributed by atoms with Crippen LogP contribution in [-0.2, 0) is 16.6 Å². The lowest BCUT2D eigenvalue weighted by Crippen LogP contribution is -2.29. The van der Waals surface area contributed by atoms with Crippen molar-refractivity contribution in [3.05, 3.63) is 15.8 Å². The summed E-state index contributed by atoms with van der Waals surface area (Å²) in [5.74, 6) is 0.518. The monoisotopic (exact) mass is 330 g/mol. The van der Waals surface area contributed by atoms with Gasteiger partial charge in [-0.2, -0.15) is 4.31 Å². The predicted octanol–water partition coefficient (Wildman–Crippen LogP) is 2.98. The average molecular weight is 331 g/mol. The van der Waals surface area contributed by atoms with Gasteiger partial charge in [-0.1, -0.05) is 20.3 Å². The van der Waals surface area contributed by atoms with E-state index in [2.05, 4.69) is 19.2 Å². The van der Waals surface area contributed by atoms with Crippen LogP contribution in [0.4, 0.5) is 0 Å². The molecule has 1 unspecified atom stereocenters. The molecule has 6 heteroatoms. The fraction of sp³-hybridized carbons (Fsp3) is 0.733. The molecular formula is C15H26N2O2S2. The minimum absolute atomic E-state index is 0.512. The molecule has 0 aromatic carbocycles. The van der Waals surface area contributed by atoms with Crippen LogP contribution in [0.1, 0.15) is 42.9 Å². The maximum absolute atomic E-state index is 12.8. The van der Waals surface area contributed by atoms with Gasteiger partial charge in [-0.05, 0) is 38.3 Å². The summed E-state index contributed by atoms with van der Waals surface area (Å²) in [5.41, 5.74) is 0. The van der Waals surface area contributed by atoms with Gasteiger partial charge in [0.05, 0.1) is 4.90 Å². The molecule has 0 amide bonds. The Morgan fingerprint density at radius 3 is 2.81 bits per heavy atom. The quantitative estimate of drug-likeness (QED) is 0.782. The van der Waals surface area contributed by atoms with Crippen molar-refractivity contribution in [1.29, 1.82) is 0 Å². The van der Waals surface area contributed by atoms with E-state index in [0.29, 0.717) is 23.9 Å². The van der Waals surface area contributed by atoms with Crippen LogP contribution in [-0.4, -0.2) is 32.4 Å². The van der Waals surface area contributed by atoms with Crippen LogP contribution in [0, 0.1) is 12.8 Å². The van der Waals surface area contributed by atoms with Gasteiger partial charge in [-0.15, -0.1) is 11.3 Å². The Labute approximate surface area is 132 Å². The lowest BCUT2D eigenvalue weighted by molar-refractivity contribution is 0.453. The Morgan fingerprint density at radius 2 is 2.19 bits per heavy atom. The Hall–Kier alpha value is -0.430. The molecule has 0 spiro atoms. The van der Waals surface area contributed by atoms with Gasteiger partial charge in [-0.25, -0.2) is 8.42 Å². The van der Waals surface area contributed by atoms with Crippen molar-refractivity contribution < 1.29 is 8.42 Å². The largest absolute Gasteiger partial charge is 0.312 e. The Kier molecular flexibility index (Phi) is 5.82. The number of nitrogens with one attached hydrogen (secondary N) is 1. The Balaban J connectivity index is 2.13. The molecule has 2 heterocycles. The van der Waals surface area contributed by atoms with Crippen LogP contribution < -0.4 is 5.32 Å². The number of hydrogen-bond acceptors (Lipinski definition) is 4. The predicted molar refractivity (Wildman–Crippen MR) is 88.2 cm³/mol. The van der Waals surface area contributed by atoms with E-state index in [1.54, 1.807) is 15.6 Å². The van der Waals surface area contributed by atoms with Crippen molar-refractivity contribution in [3.8, 4) is 0 Å². The summed E-state index contributed by atoms with van der Waals surface area (Å²) in [6.45, 7) is 9.23. The maximum Gasteiger partial charge on any atom is 0.244 e. The smallest absolute Gasteiger partial charge is 0.244 e. The third-order valence-corrected chi connectivity index (χ3v) is 7.26. The van der Waals surface area contributed by atoms with Crippen LogP contribution in [0.3, 0.4) is 0 Å². The third-order valence-electron chi connectivity index (χ3n) is 4.09. The zero-order valence-electron chi connectivity index (χ0n) is 13.2. The summed E-state index contributed by atoms with van der Waals surface area (Å²) in [6.07, 6.45) is 3.13. The molecule has 1 N–H and O–H groups in total. The van der Waals surface area contributed by atoms with Gasteiger partial charge in [0.25, 0.3) is 0 Å². The number of thiophene rings is 1. The molecule has 0 saturated carbocycles. The highest BCUT2D eigenvalue weighted by molar-refractivity contribution is 7.89. The summed E-state index contributed by atoms with van der Waals surface area (Å²) in [6, 6.07) is 1.86. The summed E-state index contributed by atoms with van der Waals surface area (Å²) in [5, 5.41) is 3.33. The zero-order chi connectivity index (χ0) is 15.5. The minimum atomic E-state index is -3.31. The van der Waals surface area contributed by atoms with E-state index in [-0.39, 0.29) is 0 Å². The second kappa shape index (κ2) is 7.22. The molecule has 2 rings (SSSR count). The first kappa shape index (κ1) is 16.9. The molecule has 0 bridgehead atoms. The Morgan fingerprint density at radius 1 is 1.43 bits per heavy atom. The average Bonchev–Trinajstić information content (AvgIpc) is 3.06. The third kappa shape index (κ3) is 3.86. The maximum atomic E-state index is 12.8. The highest BCUT2D eigenvalue weighted by Gasteiger charge is 2.33. The summed E-state index contributed by atoms with van der Waals surface area (Å²) in [7, 11) is -3.31. The van der Waals surface area contributed by atoms with Crippen molar-refractivity contribution in [2.24, 2.45) is 5.92 Å². The molecule has 1 fully saturated rings. The molecule has 120 valence electrons. The highest BCUT2D eigenvalue weighted by Crippen LogP contribution is 2.31. The van der Waals surface area contributed by atoms with Gasteiger partial charge in [0, 0.05) is 29.4 Å². The molecule has 1 aromatic heterocycles. The van der Waals surface area contributed by atoms with Crippen LogP contribution in [0.5, 0.6) is 0 Å². The van der Waals surface area contributed by atoms with Crippen molar-refractivity contribution in [3.63, 3.8) is 0 Å². The number of sulfonamides is 1. The summed E-state index contributed by atoms with van der Waals surface area (Å²) >= 11 is 1.59. The van der Waals surface area contributed by atoms with Crippen molar-refractivity contribution in [1.82, 2.24) is 9.62 Å². The number of hydrogen-bond donors (Lipinski definition) is 1. The van der Waals surface area contributed by atoms with Gasteiger partial charge in [-0.3, -0.25) is 0 Å². The first-order chi connectivity index (χ1) is 9.98. The normalized spacial score (nSPS) is 20.2. The van der Waals surface area contributed by atoms with E-state index in [4.69, 9.17) is 0 Å². The van der Waals surface area contributed by atoms with Gasteiger partial charge in [0.2, 0.25) is 10.0 Å². The van der Waals surface area contributed by atoms with E-state index < -0.39 is 10.0 Å². The first-order valence-electron chi connectivity index (χ1n) is 7.79. The molecule has 0 radical (unpaired) electrons. The SMILES string of the molecule is CCCNCc1cc(S(=O)(=O)N2CCC(CC)C2)c(C)s1. The molecule has 1 aliphatic heterocycles. The van der Waals surface area contributed by atoms with Crippen LogP contribution in [0.25, 0.3) is 0 Å². The van der Waals surface area contributed by atoms with Gasteiger partial charge >= 0.3 is 0 Å². The molecule has 1 aliphatic rings. The number of aryl methyl sites for hydroxylation is 1. The highest BCUT2D eigenvalue weighted by atomic mass is 32.2. The van der Waals surface area contributed by atoms with Crippen molar-refractivity contribution >= 4 is 21.4 Å². The summed E-state index contributed by atoms with van der Waals surface area (Å²) in [4.78, 5) is 2.52. The molecule has 1 aromatic rings. The van der Waals surface area contributed by atoms with E-state index in [1.165, 1.54) is 0 Å². The Bertz CT molecular complexity index is 566. The molecule has 1 atom stereocenters. The fourth-order valence-corrected chi connectivity index (χ4v) is 5.85. The van der Waals surface area contributed by atoms with E-state index in [9.17, 15) is 8.42 Å². The zero-order valence-corrected chi connectivity index (χ0v) is 14.8. The van der Waals surface area contributed by atoms with Crippen LogP contribution in [0.15, 0.2) is 11.0 Å².